The zero-order chi connectivity index (χ0) is 16.9. The van der Waals surface area contributed by atoms with E-state index in [1.54, 1.807) is 18.3 Å². The van der Waals surface area contributed by atoms with Crippen LogP contribution in [0.3, 0.4) is 0 Å². The number of carbonyl (C=O) groups excluding carboxylic acids is 1. The van der Waals surface area contributed by atoms with Crippen LogP contribution in [0, 0.1) is 5.41 Å². The van der Waals surface area contributed by atoms with E-state index in [1.807, 2.05) is 37.3 Å². The van der Waals surface area contributed by atoms with Gasteiger partial charge in [0, 0.05) is 11.6 Å². The number of pyridine rings is 1. The molecule has 0 fully saturated rings. The zero-order valence-electron chi connectivity index (χ0n) is 13.2. The van der Waals surface area contributed by atoms with Gasteiger partial charge in [0.2, 0.25) is 5.55 Å². The first-order valence-electron chi connectivity index (χ1n) is 7.61. The third-order valence-corrected chi connectivity index (χ3v) is 3.46. The molecule has 0 spiro atoms. The minimum Gasteiger partial charge on any atom is -0.490 e. The molecule has 0 aliphatic carbocycles. The molecule has 3 rings (SSSR count). The number of amides is 1. The molecule has 2 aromatic heterocycles. The predicted molar refractivity (Wildman–Crippen MR) is 88.6 cm³/mol. The van der Waals surface area contributed by atoms with E-state index in [0.717, 1.165) is 5.69 Å². The highest BCUT2D eigenvalue weighted by Gasteiger charge is 2.13. The SMILES string of the molecule is CCOc1cccc2cc(C(=O)NCc3ccccn3)c(=N)oc12. The molecule has 0 atom stereocenters. The minimum atomic E-state index is -0.377. The van der Waals surface area contributed by atoms with E-state index in [0.29, 0.717) is 23.3 Å². The summed E-state index contributed by atoms with van der Waals surface area (Å²) in [4.78, 5) is 16.5. The molecule has 2 N–H and O–H groups in total. The van der Waals surface area contributed by atoms with E-state index in [4.69, 9.17) is 14.6 Å². The number of carbonyl (C=O) groups is 1. The average molecular weight is 323 g/mol. The fraction of sp³-hybridized carbons (Fsp3) is 0.167. The lowest BCUT2D eigenvalue weighted by Crippen LogP contribution is -2.28. The van der Waals surface area contributed by atoms with Gasteiger partial charge in [0.1, 0.15) is 5.56 Å². The Hall–Kier alpha value is -3.15. The Bertz CT molecular complexity index is 920. The van der Waals surface area contributed by atoms with Crippen LogP contribution in [0.4, 0.5) is 0 Å². The quantitative estimate of drug-likeness (QED) is 0.755. The molecule has 0 saturated carbocycles. The number of benzene rings is 1. The molecule has 0 aliphatic heterocycles. The second-order valence-corrected chi connectivity index (χ2v) is 5.10. The highest BCUT2D eigenvalue weighted by molar-refractivity contribution is 5.97. The van der Waals surface area contributed by atoms with E-state index in [1.165, 1.54) is 0 Å². The number of para-hydroxylation sites is 1. The van der Waals surface area contributed by atoms with E-state index >= 15 is 0 Å². The van der Waals surface area contributed by atoms with E-state index < -0.39 is 0 Å². The normalized spacial score (nSPS) is 10.5. The highest BCUT2D eigenvalue weighted by Crippen LogP contribution is 2.24. The van der Waals surface area contributed by atoms with E-state index in [2.05, 4.69) is 10.3 Å². The van der Waals surface area contributed by atoms with Crippen LogP contribution in [0.2, 0.25) is 0 Å². The molecular formula is C18H17N3O3. The summed E-state index contributed by atoms with van der Waals surface area (Å²) in [7, 11) is 0. The first-order valence-corrected chi connectivity index (χ1v) is 7.61. The number of nitrogens with zero attached hydrogens (tertiary/aromatic N) is 1. The van der Waals surface area contributed by atoms with Crippen molar-refractivity contribution in [3.63, 3.8) is 0 Å². The van der Waals surface area contributed by atoms with Gasteiger partial charge in [0.25, 0.3) is 5.91 Å². The molecule has 0 aliphatic rings. The van der Waals surface area contributed by atoms with Gasteiger partial charge in [-0.2, -0.15) is 0 Å². The molecule has 122 valence electrons. The largest absolute Gasteiger partial charge is 0.490 e. The Labute approximate surface area is 138 Å². The average Bonchev–Trinajstić information content (AvgIpc) is 2.61. The van der Waals surface area contributed by atoms with Crippen LogP contribution in [0.25, 0.3) is 11.0 Å². The Morgan fingerprint density at radius 2 is 2.17 bits per heavy atom. The first kappa shape index (κ1) is 15.7. The first-order chi connectivity index (χ1) is 11.7. The summed E-state index contributed by atoms with van der Waals surface area (Å²) >= 11 is 0. The molecule has 6 nitrogen and oxygen atoms in total. The van der Waals surface area contributed by atoms with Crippen molar-refractivity contribution in [3.05, 3.63) is 65.5 Å². The Balaban J connectivity index is 1.88. The number of fused-ring (bicyclic) bond motifs is 1. The number of hydrogen-bond acceptors (Lipinski definition) is 5. The van der Waals surface area contributed by atoms with Gasteiger partial charge in [-0.3, -0.25) is 15.2 Å². The third kappa shape index (κ3) is 3.27. The summed E-state index contributed by atoms with van der Waals surface area (Å²) in [6.07, 6.45) is 1.66. The van der Waals surface area contributed by atoms with Gasteiger partial charge in [-0.25, -0.2) is 0 Å². The number of rotatable bonds is 5. The third-order valence-electron chi connectivity index (χ3n) is 3.46. The van der Waals surface area contributed by atoms with E-state index in [-0.39, 0.29) is 23.6 Å². The highest BCUT2D eigenvalue weighted by atomic mass is 16.5. The van der Waals surface area contributed by atoms with Gasteiger partial charge in [0.05, 0.1) is 18.8 Å². The smallest absolute Gasteiger partial charge is 0.257 e. The van der Waals surface area contributed by atoms with Crippen molar-refractivity contribution in [2.45, 2.75) is 13.5 Å². The maximum Gasteiger partial charge on any atom is 0.257 e. The van der Waals surface area contributed by atoms with Crippen LogP contribution >= 0.6 is 0 Å². The van der Waals surface area contributed by atoms with Gasteiger partial charge in [-0.05, 0) is 31.2 Å². The Kier molecular flexibility index (Phi) is 4.56. The molecule has 6 heteroatoms. The number of nitrogens with one attached hydrogen (secondary N) is 2. The van der Waals surface area contributed by atoms with Crippen molar-refractivity contribution in [2.24, 2.45) is 0 Å². The summed E-state index contributed by atoms with van der Waals surface area (Å²) in [6, 6.07) is 12.5. The van der Waals surface area contributed by atoms with E-state index in [9.17, 15) is 4.79 Å². The van der Waals surface area contributed by atoms with Crippen molar-refractivity contribution >= 4 is 16.9 Å². The Morgan fingerprint density at radius 1 is 1.29 bits per heavy atom. The van der Waals surface area contributed by atoms with Crippen LogP contribution in [0.5, 0.6) is 5.75 Å². The van der Waals surface area contributed by atoms with Crippen LogP contribution in [-0.4, -0.2) is 17.5 Å². The fourth-order valence-corrected chi connectivity index (χ4v) is 2.34. The van der Waals surface area contributed by atoms with Gasteiger partial charge < -0.3 is 14.5 Å². The molecule has 1 aromatic carbocycles. The fourth-order valence-electron chi connectivity index (χ4n) is 2.34. The van der Waals surface area contributed by atoms with Gasteiger partial charge in [0.15, 0.2) is 11.3 Å². The van der Waals surface area contributed by atoms with Crippen molar-refractivity contribution in [2.75, 3.05) is 6.61 Å². The summed E-state index contributed by atoms with van der Waals surface area (Å²) in [5.74, 6) is 0.182. The standard InChI is InChI=1S/C18H17N3O3/c1-2-23-15-8-5-6-12-10-14(17(19)24-16(12)15)18(22)21-11-13-7-3-4-9-20-13/h3-10,19H,2,11H2,1H3,(H,21,22). The maximum absolute atomic E-state index is 12.3. The monoisotopic (exact) mass is 323 g/mol. The number of ether oxygens (including phenoxy) is 1. The molecule has 0 bridgehead atoms. The van der Waals surface area contributed by atoms with Gasteiger partial charge in [-0.15, -0.1) is 0 Å². The summed E-state index contributed by atoms with van der Waals surface area (Å²) in [5, 5.41) is 11.5. The lowest BCUT2D eigenvalue weighted by atomic mass is 10.1. The van der Waals surface area contributed by atoms with Crippen LogP contribution in [0.1, 0.15) is 23.0 Å². The second-order valence-electron chi connectivity index (χ2n) is 5.10. The van der Waals surface area contributed by atoms with Crippen LogP contribution < -0.4 is 15.6 Å². The lowest BCUT2D eigenvalue weighted by Gasteiger charge is -2.08. The van der Waals surface area contributed by atoms with Gasteiger partial charge >= 0.3 is 0 Å². The summed E-state index contributed by atoms with van der Waals surface area (Å²) in [5.41, 5.74) is 1.18. The Morgan fingerprint density at radius 3 is 2.92 bits per heavy atom. The number of hydrogen-bond donors (Lipinski definition) is 2. The molecule has 0 saturated heterocycles. The topological polar surface area (TPSA) is 88.2 Å². The van der Waals surface area contributed by atoms with Crippen molar-refractivity contribution in [3.8, 4) is 5.75 Å². The predicted octanol–water partition coefficient (Wildman–Crippen LogP) is 2.64. The van der Waals surface area contributed by atoms with Crippen LogP contribution in [-0.2, 0) is 6.54 Å². The molecule has 2 heterocycles. The minimum absolute atomic E-state index is 0.173. The lowest BCUT2D eigenvalue weighted by molar-refractivity contribution is 0.0946. The molecule has 1 amide bonds. The van der Waals surface area contributed by atoms with Crippen LogP contribution in [0.15, 0.2) is 53.1 Å². The second kappa shape index (κ2) is 6.95. The summed E-state index contributed by atoms with van der Waals surface area (Å²) in [6.45, 7) is 2.66. The zero-order valence-corrected chi connectivity index (χ0v) is 13.2. The number of aromatic nitrogens is 1. The van der Waals surface area contributed by atoms with Gasteiger partial charge in [-0.1, -0.05) is 18.2 Å². The molecular weight excluding hydrogens is 306 g/mol. The molecule has 0 radical (unpaired) electrons. The van der Waals surface area contributed by atoms with Crippen molar-refractivity contribution < 1.29 is 13.9 Å². The summed E-state index contributed by atoms with van der Waals surface area (Å²) < 4.78 is 11.0. The molecule has 0 unspecified atom stereocenters. The molecule has 24 heavy (non-hydrogen) atoms. The van der Waals surface area contributed by atoms with Crippen molar-refractivity contribution in [1.29, 1.82) is 5.41 Å². The maximum atomic E-state index is 12.3. The molecule has 3 aromatic rings. The van der Waals surface area contributed by atoms with Crippen molar-refractivity contribution in [1.82, 2.24) is 10.3 Å².